The van der Waals surface area contributed by atoms with Crippen LogP contribution in [-0.4, -0.2) is 16.0 Å². The number of hydrogen-bond donors (Lipinski definition) is 1. The standard InChI is InChI=1S/C15H14ClN3S/c1-9(2)17-15-18-13(16)11-8-12(20-14(11)19-15)10-6-4-3-5-7-10/h3-9H,1-2H3,(H,17,18,19). The predicted octanol–water partition coefficient (Wildman–Crippen LogP) is 4.83. The van der Waals surface area contributed by atoms with E-state index in [1.165, 1.54) is 5.56 Å². The summed E-state index contributed by atoms with van der Waals surface area (Å²) < 4.78 is 0. The summed E-state index contributed by atoms with van der Waals surface area (Å²) in [5.41, 5.74) is 1.17. The average Bonchev–Trinajstić information content (AvgIpc) is 2.83. The SMILES string of the molecule is CC(C)Nc1nc(Cl)c2cc(-c3ccccc3)sc2n1. The van der Waals surface area contributed by atoms with Gasteiger partial charge in [-0.2, -0.15) is 0 Å². The van der Waals surface area contributed by atoms with Gasteiger partial charge < -0.3 is 5.32 Å². The second-order valence-electron chi connectivity index (χ2n) is 4.83. The van der Waals surface area contributed by atoms with Crippen LogP contribution < -0.4 is 5.32 Å². The smallest absolute Gasteiger partial charge is 0.225 e. The number of anilines is 1. The molecule has 2 heterocycles. The van der Waals surface area contributed by atoms with E-state index < -0.39 is 0 Å². The van der Waals surface area contributed by atoms with E-state index in [1.807, 2.05) is 32.0 Å². The highest BCUT2D eigenvalue weighted by atomic mass is 35.5. The number of nitrogens with zero attached hydrogens (tertiary/aromatic N) is 2. The van der Waals surface area contributed by atoms with Gasteiger partial charge in [0, 0.05) is 16.3 Å². The van der Waals surface area contributed by atoms with Gasteiger partial charge in [-0.05, 0) is 25.5 Å². The van der Waals surface area contributed by atoms with Gasteiger partial charge in [-0.1, -0.05) is 41.9 Å². The van der Waals surface area contributed by atoms with E-state index >= 15 is 0 Å². The second-order valence-corrected chi connectivity index (χ2v) is 6.22. The first-order valence-corrected chi connectivity index (χ1v) is 7.62. The van der Waals surface area contributed by atoms with Crippen molar-refractivity contribution in [1.82, 2.24) is 9.97 Å². The summed E-state index contributed by atoms with van der Waals surface area (Å²) in [5, 5.41) is 4.59. The second kappa shape index (κ2) is 5.38. The highest BCUT2D eigenvalue weighted by Gasteiger charge is 2.11. The van der Waals surface area contributed by atoms with Gasteiger partial charge in [-0.25, -0.2) is 9.97 Å². The molecule has 1 aromatic carbocycles. The molecule has 0 saturated heterocycles. The van der Waals surface area contributed by atoms with Gasteiger partial charge in [0.2, 0.25) is 5.95 Å². The molecule has 0 aliphatic heterocycles. The Hall–Kier alpha value is -1.65. The number of aromatic nitrogens is 2. The van der Waals surface area contributed by atoms with E-state index in [2.05, 4.69) is 33.5 Å². The van der Waals surface area contributed by atoms with Crippen molar-refractivity contribution in [3.8, 4) is 10.4 Å². The minimum atomic E-state index is 0.275. The summed E-state index contributed by atoms with van der Waals surface area (Å²) in [4.78, 5) is 10.9. The Labute approximate surface area is 126 Å². The lowest BCUT2D eigenvalue weighted by Crippen LogP contribution is -2.12. The lowest BCUT2D eigenvalue weighted by atomic mass is 10.2. The monoisotopic (exact) mass is 303 g/mol. The van der Waals surface area contributed by atoms with Crippen molar-refractivity contribution in [1.29, 1.82) is 0 Å². The topological polar surface area (TPSA) is 37.8 Å². The summed E-state index contributed by atoms with van der Waals surface area (Å²) in [6.45, 7) is 4.09. The molecule has 3 nitrogen and oxygen atoms in total. The Balaban J connectivity index is 2.09. The molecule has 1 N–H and O–H groups in total. The van der Waals surface area contributed by atoms with Crippen LogP contribution in [0.1, 0.15) is 13.8 Å². The molecule has 0 aliphatic rings. The van der Waals surface area contributed by atoms with Gasteiger partial charge in [0.05, 0.1) is 0 Å². The van der Waals surface area contributed by atoms with Crippen molar-refractivity contribution in [2.24, 2.45) is 0 Å². The fourth-order valence-corrected chi connectivity index (χ4v) is 3.27. The summed E-state index contributed by atoms with van der Waals surface area (Å²) in [5.74, 6) is 0.582. The van der Waals surface area contributed by atoms with Crippen LogP contribution in [0, 0.1) is 0 Å². The molecule has 0 spiro atoms. The number of rotatable bonds is 3. The van der Waals surface area contributed by atoms with Crippen LogP contribution in [0.4, 0.5) is 5.95 Å². The number of nitrogens with one attached hydrogen (secondary N) is 1. The summed E-state index contributed by atoms with van der Waals surface area (Å²) >= 11 is 7.89. The number of halogens is 1. The molecule has 0 atom stereocenters. The Morgan fingerprint density at radius 3 is 2.60 bits per heavy atom. The molecule has 5 heteroatoms. The molecular formula is C15H14ClN3S. The molecule has 0 bridgehead atoms. The molecular weight excluding hydrogens is 290 g/mol. The first-order chi connectivity index (χ1) is 9.63. The fourth-order valence-electron chi connectivity index (χ4n) is 1.95. The molecule has 0 amide bonds. The lowest BCUT2D eigenvalue weighted by molar-refractivity contribution is 0.878. The Kier molecular flexibility index (Phi) is 3.59. The Morgan fingerprint density at radius 1 is 1.15 bits per heavy atom. The average molecular weight is 304 g/mol. The van der Waals surface area contributed by atoms with E-state index in [-0.39, 0.29) is 6.04 Å². The number of thiophene rings is 1. The van der Waals surface area contributed by atoms with Crippen LogP contribution >= 0.6 is 22.9 Å². The third-order valence-electron chi connectivity index (χ3n) is 2.82. The van der Waals surface area contributed by atoms with Crippen LogP contribution in [0.2, 0.25) is 5.15 Å². The maximum Gasteiger partial charge on any atom is 0.225 e. The van der Waals surface area contributed by atoms with Crippen molar-refractivity contribution in [2.45, 2.75) is 19.9 Å². The van der Waals surface area contributed by atoms with E-state index in [4.69, 9.17) is 11.6 Å². The van der Waals surface area contributed by atoms with E-state index in [1.54, 1.807) is 11.3 Å². The van der Waals surface area contributed by atoms with Gasteiger partial charge in [0.25, 0.3) is 0 Å². The van der Waals surface area contributed by atoms with Crippen molar-refractivity contribution in [3.05, 3.63) is 41.6 Å². The van der Waals surface area contributed by atoms with Gasteiger partial charge in [0.15, 0.2) is 0 Å². The first kappa shape index (κ1) is 13.3. The zero-order valence-corrected chi connectivity index (χ0v) is 12.8. The van der Waals surface area contributed by atoms with Gasteiger partial charge in [-0.15, -0.1) is 11.3 Å². The normalized spacial score (nSPS) is 11.2. The van der Waals surface area contributed by atoms with Crippen molar-refractivity contribution >= 4 is 39.1 Å². The largest absolute Gasteiger partial charge is 0.352 e. The molecule has 0 saturated carbocycles. The van der Waals surface area contributed by atoms with E-state index in [0.717, 1.165) is 15.1 Å². The predicted molar refractivity (Wildman–Crippen MR) is 86.6 cm³/mol. The van der Waals surface area contributed by atoms with Crippen LogP contribution in [0.5, 0.6) is 0 Å². The summed E-state index contributed by atoms with van der Waals surface area (Å²) in [6.07, 6.45) is 0. The van der Waals surface area contributed by atoms with Crippen LogP contribution in [0.15, 0.2) is 36.4 Å². The molecule has 0 radical (unpaired) electrons. The minimum Gasteiger partial charge on any atom is -0.352 e. The zero-order chi connectivity index (χ0) is 14.1. The Bertz CT molecular complexity index is 737. The summed E-state index contributed by atoms with van der Waals surface area (Å²) in [6, 6.07) is 12.6. The van der Waals surface area contributed by atoms with Gasteiger partial charge in [0.1, 0.15) is 9.98 Å². The molecule has 0 unspecified atom stereocenters. The Morgan fingerprint density at radius 2 is 1.90 bits per heavy atom. The molecule has 20 heavy (non-hydrogen) atoms. The highest BCUT2D eigenvalue weighted by molar-refractivity contribution is 7.22. The van der Waals surface area contributed by atoms with Crippen molar-refractivity contribution in [3.63, 3.8) is 0 Å². The molecule has 0 fully saturated rings. The van der Waals surface area contributed by atoms with Gasteiger partial charge in [-0.3, -0.25) is 0 Å². The van der Waals surface area contributed by atoms with Crippen LogP contribution in [-0.2, 0) is 0 Å². The molecule has 3 aromatic rings. The van der Waals surface area contributed by atoms with Gasteiger partial charge >= 0.3 is 0 Å². The first-order valence-electron chi connectivity index (χ1n) is 6.42. The van der Waals surface area contributed by atoms with Crippen LogP contribution in [0.25, 0.3) is 20.7 Å². The minimum absolute atomic E-state index is 0.275. The highest BCUT2D eigenvalue weighted by Crippen LogP contribution is 2.35. The third-order valence-corrected chi connectivity index (χ3v) is 4.19. The van der Waals surface area contributed by atoms with E-state index in [0.29, 0.717) is 11.1 Å². The molecule has 0 aliphatic carbocycles. The summed E-state index contributed by atoms with van der Waals surface area (Å²) in [7, 11) is 0. The van der Waals surface area contributed by atoms with E-state index in [9.17, 15) is 0 Å². The number of benzene rings is 1. The molecule has 102 valence electrons. The molecule has 3 rings (SSSR count). The van der Waals surface area contributed by atoms with Crippen molar-refractivity contribution in [2.75, 3.05) is 5.32 Å². The quantitative estimate of drug-likeness (QED) is 0.704. The zero-order valence-electron chi connectivity index (χ0n) is 11.2. The lowest BCUT2D eigenvalue weighted by Gasteiger charge is -2.07. The maximum atomic E-state index is 6.26. The molecule has 2 aromatic heterocycles. The fraction of sp³-hybridized carbons (Fsp3) is 0.200. The number of fused-ring (bicyclic) bond motifs is 1. The van der Waals surface area contributed by atoms with Crippen molar-refractivity contribution < 1.29 is 0 Å². The number of hydrogen-bond acceptors (Lipinski definition) is 4. The van der Waals surface area contributed by atoms with Crippen LogP contribution in [0.3, 0.4) is 0 Å². The third kappa shape index (κ3) is 2.62. The maximum absolute atomic E-state index is 6.26.